The van der Waals surface area contributed by atoms with Gasteiger partial charge in [0, 0.05) is 13.0 Å². The zero-order valence-electron chi connectivity index (χ0n) is 12.3. The maximum absolute atomic E-state index is 12.8. The number of halogens is 1. The Morgan fingerprint density at radius 2 is 1.80 bits per heavy atom. The largest absolute Gasteiger partial charge is 0.300 e. The van der Waals surface area contributed by atoms with Gasteiger partial charge in [-0.2, -0.15) is 0 Å². The highest BCUT2D eigenvalue weighted by Gasteiger charge is 2.17. The van der Waals surface area contributed by atoms with Gasteiger partial charge in [0.15, 0.2) is 0 Å². The van der Waals surface area contributed by atoms with Crippen molar-refractivity contribution in [2.45, 2.75) is 15.7 Å². The molecule has 0 aliphatic carbocycles. The molecule has 0 saturated carbocycles. The highest BCUT2D eigenvalue weighted by molar-refractivity contribution is 7.91. The molecule has 2 rings (SSSR count). The van der Waals surface area contributed by atoms with Crippen LogP contribution in [0.15, 0.2) is 33.5 Å². The van der Waals surface area contributed by atoms with E-state index in [4.69, 9.17) is 5.14 Å². The van der Waals surface area contributed by atoms with Gasteiger partial charge >= 0.3 is 0 Å². The second-order valence-electron chi connectivity index (χ2n) is 4.57. The second kappa shape index (κ2) is 7.49. The lowest BCUT2D eigenvalue weighted by Crippen LogP contribution is -2.27. The lowest BCUT2D eigenvalue weighted by Gasteiger charge is -2.06. The molecule has 0 aliphatic heterocycles. The molecular weight excluding hydrogens is 397 g/mol. The lowest BCUT2D eigenvalue weighted by atomic mass is 10.4. The van der Waals surface area contributed by atoms with E-state index in [-0.39, 0.29) is 23.0 Å². The maximum atomic E-state index is 12.8. The Bertz CT molecular complexity index is 972. The number of primary sulfonamides is 1. The molecule has 0 unspecified atom stereocenters. The second-order valence-corrected chi connectivity index (χ2v) is 9.05. The fraction of sp³-hybridized carbons (Fsp3) is 0.182. The number of nitrogens with zero attached hydrogens (tertiary/aromatic N) is 2. The van der Waals surface area contributed by atoms with Crippen molar-refractivity contribution in [1.82, 2.24) is 14.9 Å². The van der Waals surface area contributed by atoms with Gasteiger partial charge in [0.1, 0.15) is 5.82 Å². The van der Waals surface area contributed by atoms with Crippen LogP contribution in [0.2, 0.25) is 0 Å². The summed E-state index contributed by atoms with van der Waals surface area (Å²) in [5, 5.41) is 13.8. The van der Waals surface area contributed by atoms with Crippen molar-refractivity contribution < 1.29 is 26.0 Å². The van der Waals surface area contributed by atoms with Gasteiger partial charge in [0.25, 0.3) is 10.0 Å². The SMILES string of the molecule is NS(=O)(=O)c1nnc(NC(=O)CCNS(=O)(=O)c2ccc(F)cc2)s1. The minimum atomic E-state index is -4.01. The number of carbonyl (C=O) groups is 1. The van der Waals surface area contributed by atoms with Crippen molar-refractivity contribution in [2.24, 2.45) is 5.14 Å². The molecule has 0 spiro atoms. The molecule has 4 N–H and O–H groups in total. The summed E-state index contributed by atoms with van der Waals surface area (Å²) in [5.74, 6) is -1.19. The Morgan fingerprint density at radius 3 is 2.36 bits per heavy atom. The Kier molecular flexibility index (Phi) is 5.79. The van der Waals surface area contributed by atoms with E-state index in [1.807, 2.05) is 0 Å². The zero-order chi connectivity index (χ0) is 18.7. The summed E-state index contributed by atoms with van der Waals surface area (Å²) in [6.45, 7) is -0.230. The lowest BCUT2D eigenvalue weighted by molar-refractivity contribution is -0.116. The van der Waals surface area contributed by atoms with Crippen LogP contribution in [0.25, 0.3) is 0 Å². The van der Waals surface area contributed by atoms with E-state index in [1.165, 1.54) is 0 Å². The van der Waals surface area contributed by atoms with Crippen LogP contribution in [0.4, 0.5) is 9.52 Å². The smallest absolute Gasteiger partial charge is 0.267 e. The van der Waals surface area contributed by atoms with E-state index in [0.29, 0.717) is 11.3 Å². The van der Waals surface area contributed by atoms with Crippen LogP contribution in [-0.2, 0) is 24.8 Å². The average molecular weight is 409 g/mol. The summed E-state index contributed by atoms with van der Waals surface area (Å²) in [6, 6.07) is 4.18. The molecule has 0 saturated heterocycles. The first-order chi connectivity index (χ1) is 11.6. The first-order valence-corrected chi connectivity index (χ1v) is 10.3. The van der Waals surface area contributed by atoms with Crippen molar-refractivity contribution in [3.05, 3.63) is 30.1 Å². The van der Waals surface area contributed by atoms with Crippen LogP contribution >= 0.6 is 11.3 Å². The van der Waals surface area contributed by atoms with E-state index in [9.17, 15) is 26.0 Å². The molecule has 136 valence electrons. The van der Waals surface area contributed by atoms with E-state index < -0.39 is 36.1 Å². The molecule has 1 amide bonds. The number of carbonyl (C=O) groups excluding carboxylic acids is 1. The van der Waals surface area contributed by atoms with Crippen molar-refractivity contribution in [3.8, 4) is 0 Å². The Labute approximate surface area is 146 Å². The molecule has 1 aromatic heterocycles. The van der Waals surface area contributed by atoms with Gasteiger partial charge in [-0.3, -0.25) is 4.79 Å². The van der Waals surface area contributed by atoms with Crippen LogP contribution in [-0.4, -0.2) is 39.5 Å². The predicted molar refractivity (Wildman–Crippen MR) is 86.1 cm³/mol. The summed E-state index contributed by atoms with van der Waals surface area (Å²) in [7, 11) is -7.89. The number of aromatic nitrogens is 2. The molecule has 1 aromatic carbocycles. The third-order valence-corrected chi connectivity index (χ3v) is 6.29. The van der Waals surface area contributed by atoms with Crippen LogP contribution in [0.5, 0.6) is 0 Å². The zero-order valence-corrected chi connectivity index (χ0v) is 14.8. The number of sulfonamides is 2. The van der Waals surface area contributed by atoms with Gasteiger partial charge in [-0.1, -0.05) is 11.3 Å². The summed E-state index contributed by atoms with van der Waals surface area (Å²) < 4.78 is 60.5. The number of hydrogen-bond donors (Lipinski definition) is 3. The van der Waals surface area contributed by atoms with Gasteiger partial charge < -0.3 is 5.32 Å². The van der Waals surface area contributed by atoms with Crippen LogP contribution < -0.4 is 15.2 Å². The summed E-state index contributed by atoms with van der Waals surface area (Å²) >= 11 is 0.564. The van der Waals surface area contributed by atoms with Gasteiger partial charge in [0.05, 0.1) is 4.90 Å². The Hall–Kier alpha value is -2.00. The van der Waals surface area contributed by atoms with E-state index in [0.717, 1.165) is 24.3 Å². The van der Waals surface area contributed by atoms with E-state index in [2.05, 4.69) is 20.2 Å². The van der Waals surface area contributed by atoms with Crippen molar-refractivity contribution in [1.29, 1.82) is 0 Å². The average Bonchev–Trinajstić information content (AvgIpc) is 2.96. The molecule has 0 bridgehead atoms. The molecule has 1 heterocycles. The third kappa shape index (κ3) is 5.50. The summed E-state index contributed by atoms with van der Waals surface area (Å²) in [4.78, 5) is 11.6. The first kappa shape index (κ1) is 19.3. The van der Waals surface area contributed by atoms with Crippen LogP contribution in [0.3, 0.4) is 0 Å². The molecular formula is C11H12FN5O5S3. The van der Waals surface area contributed by atoms with Gasteiger partial charge in [-0.25, -0.2) is 31.1 Å². The van der Waals surface area contributed by atoms with Gasteiger partial charge in [-0.05, 0) is 24.3 Å². The van der Waals surface area contributed by atoms with Crippen molar-refractivity contribution >= 4 is 42.4 Å². The molecule has 0 aliphatic rings. The maximum Gasteiger partial charge on any atom is 0.267 e. The van der Waals surface area contributed by atoms with E-state index >= 15 is 0 Å². The molecule has 14 heteroatoms. The molecule has 0 radical (unpaired) electrons. The molecule has 0 atom stereocenters. The quantitative estimate of drug-likeness (QED) is 0.526. The number of benzene rings is 1. The number of anilines is 1. The number of hydrogen-bond acceptors (Lipinski definition) is 8. The molecule has 0 fully saturated rings. The fourth-order valence-electron chi connectivity index (χ4n) is 1.55. The van der Waals surface area contributed by atoms with E-state index in [1.54, 1.807) is 0 Å². The number of amides is 1. The van der Waals surface area contributed by atoms with Crippen molar-refractivity contribution in [3.63, 3.8) is 0 Å². The Morgan fingerprint density at radius 1 is 1.16 bits per heavy atom. The minimum Gasteiger partial charge on any atom is -0.300 e. The standard InChI is InChI=1S/C11H12FN5O5S3/c12-7-1-3-8(4-2-7)25(21,22)14-6-5-9(18)15-10-16-17-11(23-10)24(13,19)20/h1-4,14H,5-6H2,(H2,13,19,20)(H,15,16,18). The fourth-order valence-corrected chi connectivity index (χ4v) is 3.93. The van der Waals surface area contributed by atoms with Gasteiger partial charge in [0.2, 0.25) is 25.4 Å². The van der Waals surface area contributed by atoms with Crippen LogP contribution in [0.1, 0.15) is 6.42 Å². The normalized spacial score (nSPS) is 12.1. The summed E-state index contributed by atoms with van der Waals surface area (Å²) in [5.41, 5.74) is 0. The predicted octanol–water partition coefficient (Wildman–Crippen LogP) is -0.368. The highest BCUT2D eigenvalue weighted by Crippen LogP contribution is 2.18. The molecule has 10 nitrogen and oxygen atoms in total. The van der Waals surface area contributed by atoms with Gasteiger partial charge in [-0.15, -0.1) is 10.2 Å². The topological polar surface area (TPSA) is 161 Å². The van der Waals surface area contributed by atoms with Crippen molar-refractivity contribution in [2.75, 3.05) is 11.9 Å². The van der Waals surface area contributed by atoms with Crippen LogP contribution in [0, 0.1) is 5.82 Å². The number of nitrogens with one attached hydrogen (secondary N) is 2. The third-order valence-electron chi connectivity index (χ3n) is 2.66. The highest BCUT2D eigenvalue weighted by atomic mass is 32.2. The minimum absolute atomic E-state index is 0.0876. The molecule has 2 aromatic rings. The number of rotatable bonds is 7. The first-order valence-electron chi connectivity index (χ1n) is 6.49. The monoisotopic (exact) mass is 409 g/mol. The summed E-state index contributed by atoms with van der Waals surface area (Å²) in [6.07, 6.45) is -0.245. The number of nitrogens with two attached hydrogens (primary N) is 1. The Balaban J connectivity index is 1.88. The molecule has 25 heavy (non-hydrogen) atoms.